The molecule has 0 saturated heterocycles. The van der Waals surface area contributed by atoms with Gasteiger partial charge in [0.05, 0.1) is 17.7 Å². The molecule has 1 atom stereocenters. The standard InChI is InChI=1S/C9H10N2/c1-7(6-10)9-5-3-4-8(2)11-9/h3-5,7H,1-2H3. The number of hydrogen-bond donors (Lipinski definition) is 0. The number of hydrogen-bond acceptors (Lipinski definition) is 2. The maximum atomic E-state index is 8.59. The molecule has 0 spiro atoms. The smallest absolute Gasteiger partial charge is 0.0856 e. The number of aryl methyl sites for hydroxylation is 1. The Morgan fingerprint density at radius 1 is 1.55 bits per heavy atom. The summed E-state index contributed by atoms with van der Waals surface area (Å²) in [5.74, 6) is -0.102. The van der Waals surface area contributed by atoms with E-state index < -0.39 is 0 Å². The average molecular weight is 146 g/mol. The minimum Gasteiger partial charge on any atom is -0.257 e. The summed E-state index contributed by atoms with van der Waals surface area (Å²) < 4.78 is 0. The van der Waals surface area contributed by atoms with Crippen molar-refractivity contribution < 1.29 is 0 Å². The molecule has 1 unspecified atom stereocenters. The van der Waals surface area contributed by atoms with Crippen LogP contribution in [0.15, 0.2) is 18.2 Å². The topological polar surface area (TPSA) is 36.7 Å². The predicted octanol–water partition coefficient (Wildman–Crippen LogP) is 2.02. The zero-order chi connectivity index (χ0) is 8.27. The van der Waals surface area contributed by atoms with E-state index in [1.54, 1.807) is 0 Å². The molecule has 1 aromatic heterocycles. The molecule has 0 aromatic carbocycles. The second-order valence-electron chi connectivity index (χ2n) is 2.55. The lowest BCUT2D eigenvalue weighted by molar-refractivity contribution is 0.906. The van der Waals surface area contributed by atoms with E-state index in [-0.39, 0.29) is 5.92 Å². The minimum absolute atomic E-state index is 0.102. The van der Waals surface area contributed by atoms with Crippen LogP contribution >= 0.6 is 0 Å². The summed E-state index contributed by atoms with van der Waals surface area (Å²) in [7, 11) is 0. The molecule has 0 saturated carbocycles. The maximum absolute atomic E-state index is 8.59. The van der Waals surface area contributed by atoms with Crippen molar-refractivity contribution in [1.82, 2.24) is 4.98 Å². The van der Waals surface area contributed by atoms with Crippen LogP contribution < -0.4 is 0 Å². The molecule has 11 heavy (non-hydrogen) atoms. The maximum Gasteiger partial charge on any atom is 0.0856 e. The third-order valence-electron chi connectivity index (χ3n) is 1.55. The Kier molecular flexibility index (Phi) is 2.22. The van der Waals surface area contributed by atoms with Crippen LogP contribution in [0.4, 0.5) is 0 Å². The number of aromatic nitrogens is 1. The van der Waals surface area contributed by atoms with E-state index in [0.717, 1.165) is 11.4 Å². The first-order valence-corrected chi connectivity index (χ1v) is 3.57. The summed E-state index contributed by atoms with van der Waals surface area (Å²) in [5, 5.41) is 8.59. The van der Waals surface area contributed by atoms with Crippen molar-refractivity contribution in [2.75, 3.05) is 0 Å². The van der Waals surface area contributed by atoms with Crippen molar-refractivity contribution in [2.24, 2.45) is 0 Å². The monoisotopic (exact) mass is 146 g/mol. The van der Waals surface area contributed by atoms with Gasteiger partial charge in [-0.3, -0.25) is 4.98 Å². The molecule has 0 fully saturated rings. The molecular formula is C9H10N2. The summed E-state index contributed by atoms with van der Waals surface area (Å²) in [5.41, 5.74) is 1.82. The Morgan fingerprint density at radius 2 is 2.27 bits per heavy atom. The third kappa shape index (κ3) is 1.78. The van der Waals surface area contributed by atoms with Crippen LogP contribution in [0, 0.1) is 18.3 Å². The van der Waals surface area contributed by atoms with Crippen molar-refractivity contribution in [1.29, 1.82) is 5.26 Å². The Bertz CT molecular complexity index is 286. The zero-order valence-corrected chi connectivity index (χ0v) is 6.70. The minimum atomic E-state index is -0.102. The highest BCUT2D eigenvalue weighted by Gasteiger charge is 2.03. The van der Waals surface area contributed by atoms with Gasteiger partial charge in [0.1, 0.15) is 0 Å². The number of rotatable bonds is 1. The normalized spacial score (nSPS) is 12.1. The van der Waals surface area contributed by atoms with E-state index >= 15 is 0 Å². The lowest BCUT2D eigenvalue weighted by Gasteiger charge is -2.01. The summed E-state index contributed by atoms with van der Waals surface area (Å²) in [6, 6.07) is 7.87. The van der Waals surface area contributed by atoms with Gasteiger partial charge in [-0.1, -0.05) is 6.07 Å². The summed E-state index contributed by atoms with van der Waals surface area (Å²) in [6.07, 6.45) is 0. The van der Waals surface area contributed by atoms with Gasteiger partial charge in [0.25, 0.3) is 0 Å². The second kappa shape index (κ2) is 3.16. The number of nitriles is 1. The van der Waals surface area contributed by atoms with Crippen LogP contribution in [-0.2, 0) is 0 Å². The van der Waals surface area contributed by atoms with Gasteiger partial charge in [-0.15, -0.1) is 0 Å². The molecule has 56 valence electrons. The molecule has 0 bridgehead atoms. The highest BCUT2D eigenvalue weighted by atomic mass is 14.7. The Labute approximate surface area is 66.5 Å². The molecule has 0 radical (unpaired) electrons. The molecule has 1 heterocycles. The van der Waals surface area contributed by atoms with E-state index in [1.165, 1.54) is 0 Å². The van der Waals surface area contributed by atoms with Gasteiger partial charge in [0.2, 0.25) is 0 Å². The SMILES string of the molecule is Cc1cccc(C(C)C#N)n1. The van der Waals surface area contributed by atoms with Gasteiger partial charge in [-0.05, 0) is 26.0 Å². The van der Waals surface area contributed by atoms with Crippen molar-refractivity contribution in [3.63, 3.8) is 0 Å². The molecule has 0 N–H and O–H groups in total. The third-order valence-corrected chi connectivity index (χ3v) is 1.55. The van der Waals surface area contributed by atoms with Crippen molar-refractivity contribution in [3.05, 3.63) is 29.6 Å². The van der Waals surface area contributed by atoms with Crippen LogP contribution in [0.5, 0.6) is 0 Å². The molecule has 1 rings (SSSR count). The van der Waals surface area contributed by atoms with E-state index in [2.05, 4.69) is 11.1 Å². The lowest BCUT2D eigenvalue weighted by Crippen LogP contribution is -1.94. The van der Waals surface area contributed by atoms with Crippen LogP contribution in [0.3, 0.4) is 0 Å². The van der Waals surface area contributed by atoms with Crippen molar-refractivity contribution in [2.45, 2.75) is 19.8 Å². The van der Waals surface area contributed by atoms with Crippen LogP contribution in [0.25, 0.3) is 0 Å². The zero-order valence-electron chi connectivity index (χ0n) is 6.70. The quantitative estimate of drug-likeness (QED) is 0.607. The van der Waals surface area contributed by atoms with Gasteiger partial charge < -0.3 is 0 Å². The molecular weight excluding hydrogens is 136 g/mol. The average Bonchev–Trinajstić information content (AvgIpc) is 2.03. The van der Waals surface area contributed by atoms with Gasteiger partial charge in [0.15, 0.2) is 0 Å². The molecule has 0 aliphatic carbocycles. The predicted molar refractivity (Wildman–Crippen MR) is 43.0 cm³/mol. The van der Waals surface area contributed by atoms with E-state index in [0.29, 0.717) is 0 Å². The largest absolute Gasteiger partial charge is 0.257 e. The number of nitrogens with zero attached hydrogens (tertiary/aromatic N) is 2. The Hall–Kier alpha value is -1.36. The highest BCUT2D eigenvalue weighted by molar-refractivity contribution is 5.17. The fourth-order valence-electron chi connectivity index (χ4n) is 0.871. The summed E-state index contributed by atoms with van der Waals surface area (Å²) in [4.78, 5) is 4.22. The van der Waals surface area contributed by atoms with E-state index in [1.807, 2.05) is 32.0 Å². The molecule has 0 aliphatic rings. The highest BCUT2D eigenvalue weighted by Crippen LogP contribution is 2.10. The Balaban J connectivity index is 2.98. The molecule has 2 nitrogen and oxygen atoms in total. The van der Waals surface area contributed by atoms with E-state index in [9.17, 15) is 0 Å². The molecule has 0 amide bonds. The van der Waals surface area contributed by atoms with Gasteiger partial charge in [0, 0.05) is 5.69 Å². The molecule has 0 aliphatic heterocycles. The van der Waals surface area contributed by atoms with Crippen molar-refractivity contribution in [3.8, 4) is 6.07 Å². The van der Waals surface area contributed by atoms with E-state index in [4.69, 9.17) is 5.26 Å². The fourth-order valence-corrected chi connectivity index (χ4v) is 0.871. The number of pyridine rings is 1. The van der Waals surface area contributed by atoms with Gasteiger partial charge >= 0.3 is 0 Å². The van der Waals surface area contributed by atoms with Crippen LogP contribution in [0.1, 0.15) is 24.2 Å². The molecule has 2 heteroatoms. The summed E-state index contributed by atoms with van der Waals surface area (Å²) >= 11 is 0. The summed E-state index contributed by atoms with van der Waals surface area (Å²) in [6.45, 7) is 3.77. The molecule has 1 aromatic rings. The first-order chi connectivity index (χ1) is 5.24. The van der Waals surface area contributed by atoms with Gasteiger partial charge in [-0.25, -0.2) is 0 Å². The van der Waals surface area contributed by atoms with Crippen LogP contribution in [-0.4, -0.2) is 4.98 Å². The van der Waals surface area contributed by atoms with Crippen LogP contribution in [0.2, 0.25) is 0 Å². The first kappa shape index (κ1) is 7.74. The lowest BCUT2D eigenvalue weighted by atomic mass is 10.1. The second-order valence-corrected chi connectivity index (χ2v) is 2.55. The Morgan fingerprint density at radius 3 is 2.82 bits per heavy atom. The fraction of sp³-hybridized carbons (Fsp3) is 0.333. The first-order valence-electron chi connectivity index (χ1n) is 3.57. The van der Waals surface area contributed by atoms with Gasteiger partial charge in [-0.2, -0.15) is 5.26 Å². The van der Waals surface area contributed by atoms with Crippen molar-refractivity contribution >= 4 is 0 Å².